The molecule has 116 valence electrons. The van der Waals surface area contributed by atoms with Crippen LogP contribution in [0.3, 0.4) is 0 Å². The van der Waals surface area contributed by atoms with Gasteiger partial charge >= 0.3 is 5.97 Å². The topological polar surface area (TPSA) is 71.4 Å². The summed E-state index contributed by atoms with van der Waals surface area (Å²) in [5.41, 5.74) is -0.358. The number of hydrogen-bond donors (Lipinski definition) is 1. The molecule has 2 rings (SSSR count). The molecule has 0 saturated heterocycles. The van der Waals surface area contributed by atoms with Gasteiger partial charge in [0.25, 0.3) is 0 Å². The fourth-order valence-corrected chi connectivity index (χ4v) is 5.67. The number of sulfone groups is 1. The van der Waals surface area contributed by atoms with Crippen molar-refractivity contribution in [3.63, 3.8) is 0 Å². The average Bonchev–Trinajstić information content (AvgIpc) is 2.37. The highest BCUT2D eigenvalue weighted by Gasteiger charge is 2.34. The molecule has 0 amide bonds. The summed E-state index contributed by atoms with van der Waals surface area (Å²) in [5.74, 6) is -0.998. The zero-order chi connectivity index (χ0) is 15.8. The van der Waals surface area contributed by atoms with Crippen molar-refractivity contribution >= 4 is 39.0 Å². The highest BCUT2D eigenvalue weighted by atomic mass is 35.5. The van der Waals surface area contributed by atoms with Gasteiger partial charge in [-0.25, -0.2) is 13.2 Å². The normalized spacial score (nSPS) is 23.0. The first-order chi connectivity index (χ1) is 9.75. The van der Waals surface area contributed by atoms with Gasteiger partial charge in [0.2, 0.25) is 0 Å². The lowest BCUT2D eigenvalue weighted by Gasteiger charge is -2.27. The van der Waals surface area contributed by atoms with E-state index in [-0.39, 0.29) is 20.5 Å². The molecule has 1 N–H and O–H groups in total. The predicted molar refractivity (Wildman–Crippen MR) is 82.0 cm³/mol. The molecular weight excluding hydrogens is 335 g/mol. The Labute approximate surface area is 134 Å². The van der Waals surface area contributed by atoms with Crippen molar-refractivity contribution < 1.29 is 18.3 Å². The molecule has 0 heterocycles. The minimum absolute atomic E-state index is 0.0662. The first-order valence-electron chi connectivity index (χ1n) is 6.70. The summed E-state index contributed by atoms with van der Waals surface area (Å²) in [6.45, 7) is 2.02. The second-order valence-electron chi connectivity index (χ2n) is 5.48. The van der Waals surface area contributed by atoms with E-state index in [4.69, 9.17) is 28.3 Å². The summed E-state index contributed by atoms with van der Waals surface area (Å²) in [7, 11) is -3.65. The van der Waals surface area contributed by atoms with Crippen molar-refractivity contribution in [1.82, 2.24) is 0 Å². The SMILES string of the molecule is CC1CCCC(S(=O)(=O)c2ccc(Cl)c(C(=O)O)c2Cl)C1. The van der Waals surface area contributed by atoms with E-state index in [0.717, 1.165) is 12.8 Å². The molecule has 2 unspecified atom stereocenters. The van der Waals surface area contributed by atoms with Crippen molar-refractivity contribution in [3.8, 4) is 0 Å². The van der Waals surface area contributed by atoms with Gasteiger partial charge in [-0.15, -0.1) is 0 Å². The van der Waals surface area contributed by atoms with E-state index in [2.05, 4.69) is 0 Å². The number of rotatable bonds is 3. The molecule has 1 fully saturated rings. The zero-order valence-electron chi connectivity index (χ0n) is 11.5. The van der Waals surface area contributed by atoms with Crippen molar-refractivity contribution in [2.24, 2.45) is 5.92 Å². The number of carboxylic acids is 1. The Balaban J connectivity index is 2.50. The van der Waals surface area contributed by atoms with E-state index in [1.165, 1.54) is 12.1 Å². The molecule has 4 nitrogen and oxygen atoms in total. The number of carbonyl (C=O) groups is 1. The molecular formula is C14H16Cl2O4S. The summed E-state index contributed by atoms with van der Waals surface area (Å²) in [4.78, 5) is 11.1. The third-order valence-electron chi connectivity index (χ3n) is 3.90. The highest BCUT2D eigenvalue weighted by Crippen LogP contribution is 2.37. The van der Waals surface area contributed by atoms with Gasteiger partial charge in [-0.1, -0.05) is 43.0 Å². The third-order valence-corrected chi connectivity index (χ3v) is 6.98. The lowest BCUT2D eigenvalue weighted by Crippen LogP contribution is -2.28. The van der Waals surface area contributed by atoms with Crippen LogP contribution in [-0.2, 0) is 9.84 Å². The maximum atomic E-state index is 12.7. The standard InChI is InChI=1S/C14H16Cl2O4S/c1-8-3-2-4-9(7-8)21(19,20)11-6-5-10(15)12(13(11)16)14(17)18/h5-6,8-9H,2-4,7H2,1H3,(H,17,18). The Hall–Kier alpha value is -0.780. The average molecular weight is 351 g/mol. The van der Waals surface area contributed by atoms with Crippen LogP contribution in [0.1, 0.15) is 43.0 Å². The van der Waals surface area contributed by atoms with Gasteiger partial charge in [0.15, 0.2) is 9.84 Å². The first kappa shape index (κ1) is 16.6. The second kappa shape index (κ2) is 6.15. The Kier molecular flexibility index (Phi) is 4.85. The lowest BCUT2D eigenvalue weighted by atomic mass is 9.91. The quantitative estimate of drug-likeness (QED) is 0.892. The Morgan fingerprint density at radius 3 is 2.52 bits per heavy atom. The molecule has 0 aromatic heterocycles. The lowest BCUT2D eigenvalue weighted by molar-refractivity contribution is 0.0697. The van der Waals surface area contributed by atoms with E-state index in [9.17, 15) is 13.2 Å². The van der Waals surface area contributed by atoms with E-state index < -0.39 is 21.1 Å². The third kappa shape index (κ3) is 3.20. The van der Waals surface area contributed by atoms with Gasteiger partial charge in [-0.3, -0.25) is 0 Å². The molecule has 7 heteroatoms. The Morgan fingerprint density at radius 2 is 1.95 bits per heavy atom. The summed E-state index contributed by atoms with van der Waals surface area (Å²) in [6.07, 6.45) is 3.01. The molecule has 2 atom stereocenters. The van der Waals surface area contributed by atoms with Gasteiger partial charge < -0.3 is 5.11 Å². The van der Waals surface area contributed by atoms with Crippen molar-refractivity contribution in [3.05, 3.63) is 27.7 Å². The van der Waals surface area contributed by atoms with E-state index >= 15 is 0 Å². The van der Waals surface area contributed by atoms with Crippen LogP contribution in [0.5, 0.6) is 0 Å². The van der Waals surface area contributed by atoms with Gasteiger partial charge in [0, 0.05) is 0 Å². The fourth-order valence-electron chi connectivity index (χ4n) is 2.79. The van der Waals surface area contributed by atoms with Crippen LogP contribution in [0.15, 0.2) is 17.0 Å². The summed E-state index contributed by atoms with van der Waals surface area (Å²) in [5, 5.41) is 8.25. The van der Waals surface area contributed by atoms with Crippen LogP contribution >= 0.6 is 23.2 Å². The molecule has 1 saturated carbocycles. The van der Waals surface area contributed by atoms with Crippen LogP contribution in [0.2, 0.25) is 10.0 Å². The van der Waals surface area contributed by atoms with Gasteiger partial charge in [0.1, 0.15) is 0 Å². The van der Waals surface area contributed by atoms with Crippen LogP contribution in [0.25, 0.3) is 0 Å². The van der Waals surface area contributed by atoms with E-state index in [1.807, 2.05) is 6.92 Å². The number of carboxylic acid groups (broad SMARTS) is 1. The van der Waals surface area contributed by atoms with Crippen molar-refractivity contribution in [2.45, 2.75) is 42.8 Å². The van der Waals surface area contributed by atoms with Gasteiger partial charge in [-0.05, 0) is 30.9 Å². The molecule has 21 heavy (non-hydrogen) atoms. The highest BCUT2D eigenvalue weighted by molar-refractivity contribution is 7.92. The molecule has 0 bridgehead atoms. The van der Waals surface area contributed by atoms with Crippen molar-refractivity contribution in [1.29, 1.82) is 0 Å². The fraction of sp³-hybridized carbons (Fsp3) is 0.500. The smallest absolute Gasteiger partial charge is 0.338 e. The van der Waals surface area contributed by atoms with Crippen LogP contribution in [0, 0.1) is 5.92 Å². The molecule has 0 aliphatic heterocycles. The summed E-state index contributed by atoms with van der Waals surface area (Å²) in [6, 6.07) is 2.57. The number of aromatic carboxylic acids is 1. The summed E-state index contributed by atoms with van der Waals surface area (Å²) < 4.78 is 25.4. The molecule has 1 aliphatic rings. The van der Waals surface area contributed by atoms with Crippen LogP contribution in [0.4, 0.5) is 0 Å². The molecule has 0 radical (unpaired) electrons. The minimum atomic E-state index is -3.65. The molecule has 1 aromatic carbocycles. The monoisotopic (exact) mass is 350 g/mol. The Bertz CT molecular complexity index is 670. The van der Waals surface area contributed by atoms with Crippen molar-refractivity contribution in [2.75, 3.05) is 0 Å². The first-order valence-corrected chi connectivity index (χ1v) is 9.00. The molecule has 0 spiro atoms. The zero-order valence-corrected chi connectivity index (χ0v) is 13.8. The second-order valence-corrected chi connectivity index (χ2v) is 8.46. The Morgan fingerprint density at radius 1 is 1.29 bits per heavy atom. The maximum absolute atomic E-state index is 12.7. The number of halogens is 2. The number of benzene rings is 1. The largest absolute Gasteiger partial charge is 0.478 e. The van der Waals surface area contributed by atoms with Crippen LogP contribution < -0.4 is 0 Å². The van der Waals surface area contributed by atoms with E-state index in [1.54, 1.807) is 0 Å². The van der Waals surface area contributed by atoms with Crippen LogP contribution in [-0.4, -0.2) is 24.7 Å². The number of hydrogen-bond acceptors (Lipinski definition) is 3. The molecule has 1 aliphatic carbocycles. The van der Waals surface area contributed by atoms with Gasteiger partial charge in [0.05, 0.1) is 25.8 Å². The minimum Gasteiger partial charge on any atom is -0.478 e. The van der Waals surface area contributed by atoms with E-state index in [0.29, 0.717) is 18.8 Å². The maximum Gasteiger partial charge on any atom is 0.338 e. The van der Waals surface area contributed by atoms with Gasteiger partial charge in [-0.2, -0.15) is 0 Å². The predicted octanol–water partition coefficient (Wildman–Crippen LogP) is 4.04. The summed E-state index contributed by atoms with van der Waals surface area (Å²) >= 11 is 11.8. The molecule has 1 aromatic rings.